The standard InChI is InChI=1S/C13H19FN2S/c1-2-17-11-5-4-10(8-11)16-13-7-9(14)3-6-12(13)15/h3,6-7,10-11,16H,2,4-5,8,15H2,1H3. The van der Waals surface area contributed by atoms with E-state index in [-0.39, 0.29) is 5.82 Å². The lowest BCUT2D eigenvalue weighted by Crippen LogP contribution is -2.17. The van der Waals surface area contributed by atoms with Crippen molar-refractivity contribution in [2.75, 3.05) is 16.8 Å². The fraction of sp³-hybridized carbons (Fsp3) is 0.538. The summed E-state index contributed by atoms with van der Waals surface area (Å²) in [5.41, 5.74) is 7.18. The molecule has 0 saturated heterocycles. The van der Waals surface area contributed by atoms with Crippen molar-refractivity contribution < 1.29 is 4.39 Å². The van der Waals surface area contributed by atoms with E-state index in [9.17, 15) is 4.39 Å². The molecule has 0 aliphatic heterocycles. The van der Waals surface area contributed by atoms with Crippen molar-refractivity contribution in [3.63, 3.8) is 0 Å². The molecule has 94 valence electrons. The quantitative estimate of drug-likeness (QED) is 0.808. The van der Waals surface area contributed by atoms with Crippen LogP contribution < -0.4 is 11.1 Å². The summed E-state index contributed by atoms with van der Waals surface area (Å²) in [5, 5.41) is 4.10. The zero-order valence-corrected chi connectivity index (χ0v) is 10.9. The number of thioether (sulfide) groups is 1. The van der Waals surface area contributed by atoms with E-state index in [2.05, 4.69) is 12.2 Å². The summed E-state index contributed by atoms with van der Waals surface area (Å²) in [6.45, 7) is 2.19. The molecule has 1 aromatic carbocycles. The monoisotopic (exact) mass is 254 g/mol. The molecular formula is C13H19FN2S. The summed E-state index contributed by atoms with van der Waals surface area (Å²) in [7, 11) is 0. The minimum Gasteiger partial charge on any atom is -0.397 e. The summed E-state index contributed by atoms with van der Waals surface area (Å²) < 4.78 is 13.1. The normalized spacial score (nSPS) is 23.9. The van der Waals surface area contributed by atoms with Crippen molar-refractivity contribution in [2.24, 2.45) is 0 Å². The molecule has 1 aliphatic carbocycles. The first-order valence-corrected chi connectivity index (χ1v) is 7.17. The smallest absolute Gasteiger partial charge is 0.125 e. The summed E-state index contributed by atoms with van der Waals surface area (Å²) in [6, 6.07) is 4.92. The van der Waals surface area contributed by atoms with Crippen molar-refractivity contribution >= 4 is 23.1 Å². The Morgan fingerprint density at radius 3 is 3.06 bits per heavy atom. The van der Waals surface area contributed by atoms with Crippen molar-refractivity contribution in [1.82, 2.24) is 0 Å². The number of hydrogen-bond donors (Lipinski definition) is 2. The molecule has 2 atom stereocenters. The Bertz CT molecular complexity index is 384. The van der Waals surface area contributed by atoms with Gasteiger partial charge in [0.2, 0.25) is 0 Å². The highest BCUT2D eigenvalue weighted by Gasteiger charge is 2.24. The number of nitrogen functional groups attached to an aromatic ring is 1. The molecule has 1 aliphatic rings. The molecule has 0 spiro atoms. The van der Waals surface area contributed by atoms with Crippen LogP contribution in [0.2, 0.25) is 0 Å². The van der Waals surface area contributed by atoms with E-state index < -0.39 is 0 Å². The molecule has 2 unspecified atom stereocenters. The van der Waals surface area contributed by atoms with Crippen LogP contribution in [0.3, 0.4) is 0 Å². The molecule has 1 fully saturated rings. The van der Waals surface area contributed by atoms with Gasteiger partial charge in [0.25, 0.3) is 0 Å². The van der Waals surface area contributed by atoms with Gasteiger partial charge in [0.05, 0.1) is 11.4 Å². The second-order valence-electron chi connectivity index (χ2n) is 4.46. The predicted molar refractivity (Wildman–Crippen MR) is 74.0 cm³/mol. The van der Waals surface area contributed by atoms with Gasteiger partial charge < -0.3 is 11.1 Å². The van der Waals surface area contributed by atoms with Gasteiger partial charge in [-0.3, -0.25) is 0 Å². The first-order chi connectivity index (χ1) is 8.19. The van der Waals surface area contributed by atoms with Crippen LogP contribution >= 0.6 is 11.8 Å². The van der Waals surface area contributed by atoms with Crippen molar-refractivity contribution in [1.29, 1.82) is 0 Å². The molecule has 2 rings (SSSR count). The Balaban J connectivity index is 1.95. The first kappa shape index (κ1) is 12.6. The van der Waals surface area contributed by atoms with E-state index >= 15 is 0 Å². The molecule has 4 heteroatoms. The van der Waals surface area contributed by atoms with Gasteiger partial charge in [0, 0.05) is 11.3 Å². The molecule has 0 aromatic heterocycles. The average Bonchev–Trinajstić information content (AvgIpc) is 2.72. The Kier molecular flexibility index (Phi) is 4.15. The zero-order chi connectivity index (χ0) is 12.3. The second kappa shape index (κ2) is 5.63. The molecule has 1 aromatic rings. The van der Waals surface area contributed by atoms with Crippen LogP contribution in [0.15, 0.2) is 18.2 Å². The van der Waals surface area contributed by atoms with Gasteiger partial charge in [-0.1, -0.05) is 6.92 Å². The molecule has 0 amide bonds. The summed E-state index contributed by atoms with van der Waals surface area (Å²) in [4.78, 5) is 0. The fourth-order valence-electron chi connectivity index (χ4n) is 2.33. The van der Waals surface area contributed by atoms with Gasteiger partial charge in [-0.05, 0) is 43.2 Å². The minimum absolute atomic E-state index is 0.237. The number of benzene rings is 1. The predicted octanol–water partition coefficient (Wildman–Crippen LogP) is 3.49. The van der Waals surface area contributed by atoms with Crippen LogP contribution in [0.25, 0.3) is 0 Å². The first-order valence-electron chi connectivity index (χ1n) is 6.12. The third kappa shape index (κ3) is 3.28. The Hall–Kier alpha value is -0.900. The molecule has 1 saturated carbocycles. The molecule has 0 radical (unpaired) electrons. The molecule has 0 heterocycles. The third-order valence-corrected chi connectivity index (χ3v) is 4.39. The Morgan fingerprint density at radius 2 is 2.29 bits per heavy atom. The maximum Gasteiger partial charge on any atom is 0.125 e. The number of hydrogen-bond acceptors (Lipinski definition) is 3. The number of nitrogens with two attached hydrogens (primary N) is 1. The zero-order valence-electron chi connectivity index (χ0n) is 10.1. The van der Waals surface area contributed by atoms with E-state index in [1.54, 1.807) is 6.07 Å². The minimum atomic E-state index is -0.237. The van der Waals surface area contributed by atoms with Gasteiger partial charge in [-0.15, -0.1) is 0 Å². The summed E-state index contributed by atoms with van der Waals surface area (Å²) >= 11 is 2.02. The van der Waals surface area contributed by atoms with Crippen molar-refractivity contribution in [3.8, 4) is 0 Å². The lowest BCUT2D eigenvalue weighted by molar-refractivity contribution is 0.627. The van der Waals surface area contributed by atoms with Crippen molar-refractivity contribution in [2.45, 2.75) is 37.5 Å². The summed E-state index contributed by atoms with van der Waals surface area (Å²) in [5.74, 6) is 0.929. The van der Waals surface area contributed by atoms with Gasteiger partial charge >= 0.3 is 0 Å². The maximum atomic E-state index is 13.1. The number of nitrogens with one attached hydrogen (secondary N) is 1. The molecular weight excluding hydrogens is 235 g/mol. The van der Waals surface area contributed by atoms with Crippen LogP contribution in [-0.4, -0.2) is 17.0 Å². The second-order valence-corrected chi connectivity index (χ2v) is 6.04. The molecule has 2 nitrogen and oxygen atoms in total. The van der Waals surface area contributed by atoms with Gasteiger partial charge in [-0.2, -0.15) is 11.8 Å². The molecule has 17 heavy (non-hydrogen) atoms. The maximum absolute atomic E-state index is 13.1. The Morgan fingerprint density at radius 1 is 1.47 bits per heavy atom. The van der Waals surface area contributed by atoms with E-state index in [1.807, 2.05) is 11.8 Å². The third-order valence-electron chi connectivity index (χ3n) is 3.16. The SMILES string of the molecule is CCSC1CCC(Nc2cc(F)ccc2N)C1. The lowest BCUT2D eigenvalue weighted by atomic mass is 10.2. The van der Waals surface area contributed by atoms with E-state index in [0.717, 1.165) is 23.8 Å². The van der Waals surface area contributed by atoms with E-state index in [4.69, 9.17) is 5.73 Å². The van der Waals surface area contributed by atoms with Gasteiger partial charge in [0.1, 0.15) is 5.82 Å². The number of rotatable bonds is 4. The highest BCUT2D eigenvalue weighted by Crippen LogP contribution is 2.32. The van der Waals surface area contributed by atoms with Crippen LogP contribution in [0.5, 0.6) is 0 Å². The van der Waals surface area contributed by atoms with Crippen LogP contribution in [0.1, 0.15) is 26.2 Å². The van der Waals surface area contributed by atoms with Crippen LogP contribution in [0.4, 0.5) is 15.8 Å². The average molecular weight is 254 g/mol. The molecule has 3 N–H and O–H groups in total. The Labute approximate surface area is 106 Å². The molecule has 0 bridgehead atoms. The van der Waals surface area contributed by atoms with Gasteiger partial charge in [-0.25, -0.2) is 4.39 Å². The highest BCUT2D eigenvalue weighted by atomic mass is 32.2. The van der Waals surface area contributed by atoms with E-state index in [0.29, 0.717) is 11.7 Å². The van der Waals surface area contributed by atoms with Crippen molar-refractivity contribution in [3.05, 3.63) is 24.0 Å². The van der Waals surface area contributed by atoms with E-state index in [1.165, 1.54) is 24.3 Å². The summed E-state index contributed by atoms with van der Waals surface area (Å²) in [6.07, 6.45) is 3.54. The number of halogens is 1. The largest absolute Gasteiger partial charge is 0.397 e. The highest BCUT2D eigenvalue weighted by molar-refractivity contribution is 7.99. The lowest BCUT2D eigenvalue weighted by Gasteiger charge is -2.16. The van der Waals surface area contributed by atoms with Crippen LogP contribution in [0, 0.1) is 5.82 Å². The number of anilines is 2. The topological polar surface area (TPSA) is 38.0 Å². The van der Waals surface area contributed by atoms with Gasteiger partial charge in [0.15, 0.2) is 0 Å². The fourth-order valence-corrected chi connectivity index (χ4v) is 3.47. The van der Waals surface area contributed by atoms with Crippen LogP contribution in [-0.2, 0) is 0 Å².